The molecule has 1 aliphatic rings. The highest BCUT2D eigenvalue weighted by Crippen LogP contribution is 2.32. The molecule has 3 heteroatoms. The smallest absolute Gasteiger partial charge is 0.0413 e. The molecule has 112 valence electrons. The Morgan fingerprint density at radius 2 is 2.15 bits per heavy atom. The van der Waals surface area contributed by atoms with Crippen molar-refractivity contribution in [2.75, 3.05) is 11.4 Å². The fourth-order valence-corrected chi connectivity index (χ4v) is 3.49. The third kappa shape index (κ3) is 3.76. The first-order chi connectivity index (χ1) is 9.65. The SMILES string of the molecule is CCC(N)Cc1ccc(Br)cc1N1CCCCC1CC. The second-order valence-electron chi connectivity index (χ2n) is 5.90. The van der Waals surface area contributed by atoms with Crippen LogP contribution in [0, 0.1) is 0 Å². The minimum absolute atomic E-state index is 0.264. The molecule has 20 heavy (non-hydrogen) atoms. The zero-order valence-electron chi connectivity index (χ0n) is 12.7. The molecule has 1 heterocycles. The number of nitrogens with zero attached hydrogens (tertiary/aromatic N) is 1. The number of hydrogen-bond acceptors (Lipinski definition) is 2. The molecule has 2 atom stereocenters. The van der Waals surface area contributed by atoms with Crippen LogP contribution in [-0.2, 0) is 6.42 Å². The number of benzene rings is 1. The van der Waals surface area contributed by atoms with Gasteiger partial charge in [-0.25, -0.2) is 0 Å². The summed E-state index contributed by atoms with van der Waals surface area (Å²) in [5.41, 5.74) is 8.98. The molecule has 2 nitrogen and oxygen atoms in total. The number of piperidine rings is 1. The average molecular weight is 339 g/mol. The molecule has 2 unspecified atom stereocenters. The third-order valence-corrected chi connectivity index (χ3v) is 4.95. The van der Waals surface area contributed by atoms with Crippen LogP contribution < -0.4 is 10.6 Å². The molecule has 0 aromatic heterocycles. The van der Waals surface area contributed by atoms with Crippen molar-refractivity contribution in [2.45, 2.75) is 64.5 Å². The number of nitrogens with two attached hydrogens (primary N) is 1. The molecule has 1 aromatic rings. The molecule has 1 saturated heterocycles. The molecule has 2 N–H and O–H groups in total. The van der Waals surface area contributed by atoms with Crippen LogP contribution in [0.5, 0.6) is 0 Å². The van der Waals surface area contributed by atoms with Crippen molar-refractivity contribution in [2.24, 2.45) is 5.73 Å². The van der Waals surface area contributed by atoms with E-state index in [9.17, 15) is 0 Å². The molecule has 0 radical (unpaired) electrons. The van der Waals surface area contributed by atoms with E-state index < -0.39 is 0 Å². The van der Waals surface area contributed by atoms with Gasteiger partial charge in [-0.15, -0.1) is 0 Å². The van der Waals surface area contributed by atoms with Gasteiger partial charge in [-0.3, -0.25) is 0 Å². The Labute approximate surface area is 131 Å². The van der Waals surface area contributed by atoms with Gasteiger partial charge in [0, 0.05) is 28.8 Å². The van der Waals surface area contributed by atoms with Crippen molar-refractivity contribution in [1.29, 1.82) is 0 Å². The summed E-state index contributed by atoms with van der Waals surface area (Å²) in [5, 5.41) is 0. The molecular formula is C17H27BrN2. The van der Waals surface area contributed by atoms with Gasteiger partial charge in [0.05, 0.1) is 0 Å². The van der Waals surface area contributed by atoms with Crippen LogP contribution in [0.1, 0.15) is 51.5 Å². The summed E-state index contributed by atoms with van der Waals surface area (Å²) in [6.45, 7) is 5.65. The van der Waals surface area contributed by atoms with E-state index in [1.807, 2.05) is 0 Å². The molecular weight excluding hydrogens is 312 g/mol. The highest BCUT2D eigenvalue weighted by Gasteiger charge is 2.23. The van der Waals surface area contributed by atoms with E-state index in [4.69, 9.17) is 5.73 Å². The lowest BCUT2D eigenvalue weighted by Gasteiger charge is -2.38. The van der Waals surface area contributed by atoms with Crippen molar-refractivity contribution in [1.82, 2.24) is 0 Å². The largest absolute Gasteiger partial charge is 0.368 e. The van der Waals surface area contributed by atoms with E-state index in [0.29, 0.717) is 6.04 Å². The Morgan fingerprint density at radius 3 is 2.85 bits per heavy atom. The van der Waals surface area contributed by atoms with Crippen LogP contribution in [0.3, 0.4) is 0 Å². The van der Waals surface area contributed by atoms with E-state index in [2.05, 4.69) is 52.9 Å². The van der Waals surface area contributed by atoms with Crippen LogP contribution in [-0.4, -0.2) is 18.6 Å². The minimum Gasteiger partial charge on any atom is -0.368 e. The van der Waals surface area contributed by atoms with Gasteiger partial charge < -0.3 is 10.6 Å². The van der Waals surface area contributed by atoms with Gasteiger partial charge in [0.15, 0.2) is 0 Å². The van der Waals surface area contributed by atoms with E-state index >= 15 is 0 Å². The first kappa shape index (κ1) is 15.8. The van der Waals surface area contributed by atoms with Gasteiger partial charge in [0.2, 0.25) is 0 Å². The fourth-order valence-electron chi connectivity index (χ4n) is 3.15. The van der Waals surface area contributed by atoms with Crippen LogP contribution in [0.25, 0.3) is 0 Å². The fraction of sp³-hybridized carbons (Fsp3) is 0.647. The monoisotopic (exact) mass is 338 g/mol. The van der Waals surface area contributed by atoms with Gasteiger partial charge >= 0.3 is 0 Å². The number of halogens is 1. The highest BCUT2D eigenvalue weighted by molar-refractivity contribution is 9.10. The summed E-state index contributed by atoms with van der Waals surface area (Å²) < 4.78 is 1.17. The summed E-state index contributed by atoms with van der Waals surface area (Å²) in [6, 6.07) is 7.63. The number of rotatable bonds is 5. The second kappa shape index (κ2) is 7.46. The summed E-state index contributed by atoms with van der Waals surface area (Å²) in [7, 11) is 0. The Morgan fingerprint density at radius 1 is 1.35 bits per heavy atom. The zero-order valence-corrected chi connectivity index (χ0v) is 14.3. The minimum atomic E-state index is 0.264. The molecule has 0 amide bonds. The van der Waals surface area contributed by atoms with E-state index in [1.54, 1.807) is 0 Å². The van der Waals surface area contributed by atoms with Crippen molar-refractivity contribution < 1.29 is 0 Å². The van der Waals surface area contributed by atoms with Crippen LogP contribution in [0.15, 0.2) is 22.7 Å². The highest BCUT2D eigenvalue weighted by atomic mass is 79.9. The summed E-state index contributed by atoms with van der Waals surface area (Å²) in [6.07, 6.45) is 7.24. The van der Waals surface area contributed by atoms with Crippen molar-refractivity contribution in [3.63, 3.8) is 0 Å². The lowest BCUT2D eigenvalue weighted by Crippen LogP contribution is -2.40. The maximum Gasteiger partial charge on any atom is 0.0413 e. The normalized spacial score (nSPS) is 21.0. The molecule has 0 bridgehead atoms. The molecule has 1 aromatic carbocycles. The van der Waals surface area contributed by atoms with Gasteiger partial charge in [0.25, 0.3) is 0 Å². The first-order valence-electron chi connectivity index (χ1n) is 7.96. The Balaban J connectivity index is 2.29. The number of anilines is 1. The molecule has 0 saturated carbocycles. The second-order valence-corrected chi connectivity index (χ2v) is 6.81. The summed E-state index contributed by atoms with van der Waals surface area (Å²) in [5.74, 6) is 0. The molecule has 2 rings (SSSR count). The van der Waals surface area contributed by atoms with Crippen LogP contribution in [0.2, 0.25) is 0 Å². The predicted molar refractivity (Wildman–Crippen MR) is 91.4 cm³/mol. The molecule has 1 aliphatic heterocycles. The summed E-state index contributed by atoms with van der Waals surface area (Å²) >= 11 is 3.63. The molecule has 1 fully saturated rings. The van der Waals surface area contributed by atoms with Crippen LogP contribution >= 0.6 is 15.9 Å². The Hall–Kier alpha value is -0.540. The summed E-state index contributed by atoms with van der Waals surface area (Å²) in [4.78, 5) is 2.62. The van der Waals surface area contributed by atoms with Gasteiger partial charge in [-0.2, -0.15) is 0 Å². The molecule has 0 aliphatic carbocycles. The van der Waals surface area contributed by atoms with E-state index in [1.165, 1.54) is 48.0 Å². The van der Waals surface area contributed by atoms with Crippen molar-refractivity contribution >= 4 is 21.6 Å². The Bertz CT molecular complexity index is 433. The quantitative estimate of drug-likeness (QED) is 0.856. The maximum atomic E-state index is 6.18. The van der Waals surface area contributed by atoms with E-state index in [-0.39, 0.29) is 6.04 Å². The number of hydrogen-bond donors (Lipinski definition) is 1. The Kier molecular flexibility index (Phi) is 5.91. The van der Waals surface area contributed by atoms with Gasteiger partial charge in [-0.1, -0.05) is 35.8 Å². The predicted octanol–water partition coefficient (Wildman–Crippen LogP) is 4.50. The van der Waals surface area contributed by atoms with Crippen molar-refractivity contribution in [3.8, 4) is 0 Å². The lowest BCUT2D eigenvalue weighted by molar-refractivity contribution is 0.448. The first-order valence-corrected chi connectivity index (χ1v) is 8.75. The van der Waals surface area contributed by atoms with Crippen molar-refractivity contribution in [3.05, 3.63) is 28.2 Å². The van der Waals surface area contributed by atoms with E-state index in [0.717, 1.165) is 12.8 Å². The average Bonchev–Trinajstić information content (AvgIpc) is 2.48. The zero-order chi connectivity index (χ0) is 14.5. The molecule has 0 spiro atoms. The topological polar surface area (TPSA) is 29.3 Å². The maximum absolute atomic E-state index is 6.18. The standard InChI is InChI=1S/C17H27BrN2/c1-3-15(19)11-13-8-9-14(18)12-17(13)20-10-6-5-7-16(20)4-2/h8-9,12,15-16H,3-7,10-11,19H2,1-2H3. The van der Waals surface area contributed by atoms with Gasteiger partial charge in [0.1, 0.15) is 0 Å². The van der Waals surface area contributed by atoms with Gasteiger partial charge in [-0.05, 0) is 56.2 Å². The van der Waals surface area contributed by atoms with Crippen LogP contribution in [0.4, 0.5) is 5.69 Å². The third-order valence-electron chi connectivity index (χ3n) is 4.46. The lowest BCUT2D eigenvalue weighted by atomic mass is 9.96.